The van der Waals surface area contributed by atoms with Gasteiger partial charge in [-0.3, -0.25) is 0 Å². The van der Waals surface area contributed by atoms with Gasteiger partial charge in [-0.05, 0) is 30.4 Å². The van der Waals surface area contributed by atoms with E-state index in [-0.39, 0.29) is 18.7 Å². The summed E-state index contributed by atoms with van der Waals surface area (Å²) in [4.78, 5) is 14.1. The summed E-state index contributed by atoms with van der Waals surface area (Å²) in [7, 11) is 0. The number of aryl methyl sites for hydroxylation is 1. The van der Waals surface area contributed by atoms with Gasteiger partial charge in [0.15, 0.2) is 0 Å². The van der Waals surface area contributed by atoms with Crippen molar-refractivity contribution in [3.05, 3.63) is 35.4 Å². The highest BCUT2D eigenvalue weighted by atomic mass is 16.3. The fourth-order valence-corrected chi connectivity index (χ4v) is 2.94. The van der Waals surface area contributed by atoms with Crippen LogP contribution in [0.25, 0.3) is 0 Å². The third-order valence-electron chi connectivity index (χ3n) is 4.12. The topological polar surface area (TPSA) is 52.6 Å². The molecule has 2 N–H and O–H groups in total. The number of benzene rings is 1. The van der Waals surface area contributed by atoms with Gasteiger partial charge in [0.05, 0.1) is 12.6 Å². The molecule has 0 saturated heterocycles. The summed E-state index contributed by atoms with van der Waals surface area (Å²) in [5, 5.41) is 12.3. The van der Waals surface area contributed by atoms with Gasteiger partial charge in [0, 0.05) is 13.1 Å². The number of fused-ring (bicyclic) bond motifs is 1. The van der Waals surface area contributed by atoms with Crippen molar-refractivity contribution in [2.24, 2.45) is 0 Å². The quantitative estimate of drug-likeness (QED) is 0.759. The molecule has 0 fully saturated rings. The lowest BCUT2D eigenvalue weighted by Gasteiger charge is -2.25. The average Bonchev–Trinajstić information content (AvgIpc) is 2.90. The Morgan fingerprint density at radius 3 is 2.90 bits per heavy atom. The second-order valence-electron chi connectivity index (χ2n) is 5.66. The van der Waals surface area contributed by atoms with E-state index in [1.807, 2.05) is 12.1 Å². The number of unbranched alkanes of at least 4 members (excludes halogenated alkanes) is 2. The van der Waals surface area contributed by atoms with Gasteiger partial charge >= 0.3 is 6.03 Å². The van der Waals surface area contributed by atoms with Crippen LogP contribution in [-0.4, -0.2) is 35.7 Å². The minimum Gasteiger partial charge on any atom is -0.395 e. The molecule has 0 spiro atoms. The molecular weight excluding hydrogens is 264 g/mol. The lowest BCUT2D eigenvalue weighted by Crippen LogP contribution is -2.43. The minimum absolute atomic E-state index is 0.0147. The van der Waals surface area contributed by atoms with Crippen LogP contribution in [0.3, 0.4) is 0 Å². The SMILES string of the molecule is CCCCCN(CCO)C(=O)NC1CCc2ccccc21. The molecule has 0 saturated carbocycles. The van der Waals surface area contributed by atoms with Crippen molar-refractivity contribution < 1.29 is 9.90 Å². The fourth-order valence-electron chi connectivity index (χ4n) is 2.94. The van der Waals surface area contributed by atoms with Crippen molar-refractivity contribution in [1.29, 1.82) is 0 Å². The van der Waals surface area contributed by atoms with E-state index in [9.17, 15) is 4.79 Å². The Bertz CT molecular complexity index is 462. The Balaban J connectivity index is 1.92. The highest BCUT2D eigenvalue weighted by Gasteiger charge is 2.25. The van der Waals surface area contributed by atoms with E-state index in [1.54, 1.807) is 4.90 Å². The van der Waals surface area contributed by atoms with Crippen molar-refractivity contribution in [3.8, 4) is 0 Å². The van der Waals surface area contributed by atoms with E-state index in [0.29, 0.717) is 13.1 Å². The molecule has 1 aromatic rings. The van der Waals surface area contributed by atoms with Crippen LogP contribution in [0, 0.1) is 0 Å². The van der Waals surface area contributed by atoms with E-state index >= 15 is 0 Å². The predicted octanol–water partition coefficient (Wildman–Crippen LogP) is 2.87. The van der Waals surface area contributed by atoms with Gasteiger partial charge in [0.25, 0.3) is 0 Å². The Labute approximate surface area is 127 Å². The molecule has 4 heteroatoms. The summed E-state index contributed by atoms with van der Waals surface area (Å²) in [5.41, 5.74) is 2.57. The number of carbonyl (C=O) groups excluding carboxylic acids is 1. The molecule has 2 rings (SSSR count). The first kappa shape index (κ1) is 15.8. The van der Waals surface area contributed by atoms with Crippen LogP contribution in [-0.2, 0) is 6.42 Å². The largest absolute Gasteiger partial charge is 0.395 e. The minimum atomic E-state index is -0.0538. The number of nitrogens with zero attached hydrogens (tertiary/aromatic N) is 1. The Morgan fingerprint density at radius 1 is 1.33 bits per heavy atom. The molecule has 0 radical (unpaired) electrons. The molecule has 1 aliphatic rings. The molecule has 2 amide bonds. The zero-order valence-electron chi connectivity index (χ0n) is 12.8. The van der Waals surface area contributed by atoms with Crippen LogP contribution in [0.15, 0.2) is 24.3 Å². The van der Waals surface area contributed by atoms with Gasteiger partial charge in [-0.1, -0.05) is 44.0 Å². The zero-order valence-corrected chi connectivity index (χ0v) is 12.8. The van der Waals surface area contributed by atoms with E-state index in [4.69, 9.17) is 5.11 Å². The first-order valence-electron chi connectivity index (χ1n) is 8.00. The molecule has 1 aromatic carbocycles. The molecule has 0 bridgehead atoms. The van der Waals surface area contributed by atoms with Gasteiger partial charge in [-0.15, -0.1) is 0 Å². The third kappa shape index (κ3) is 4.21. The molecule has 0 aliphatic heterocycles. The maximum atomic E-state index is 12.4. The summed E-state index contributed by atoms with van der Waals surface area (Å²) in [6.45, 7) is 3.28. The van der Waals surface area contributed by atoms with Crippen molar-refractivity contribution in [3.63, 3.8) is 0 Å². The lowest BCUT2D eigenvalue weighted by atomic mass is 10.1. The third-order valence-corrected chi connectivity index (χ3v) is 4.12. The number of carbonyl (C=O) groups is 1. The van der Waals surface area contributed by atoms with Crippen LogP contribution < -0.4 is 5.32 Å². The fraction of sp³-hybridized carbons (Fsp3) is 0.588. The molecule has 4 nitrogen and oxygen atoms in total. The second kappa shape index (κ2) is 8.03. The van der Waals surface area contributed by atoms with Crippen molar-refractivity contribution in [2.45, 2.75) is 45.1 Å². The first-order valence-corrected chi connectivity index (χ1v) is 8.00. The van der Waals surface area contributed by atoms with Crippen molar-refractivity contribution in [2.75, 3.05) is 19.7 Å². The van der Waals surface area contributed by atoms with Gasteiger partial charge in [0.2, 0.25) is 0 Å². The highest BCUT2D eigenvalue weighted by molar-refractivity contribution is 5.75. The number of amides is 2. The molecule has 1 aliphatic carbocycles. The zero-order chi connectivity index (χ0) is 15.1. The maximum absolute atomic E-state index is 12.4. The maximum Gasteiger partial charge on any atom is 0.317 e. The Hall–Kier alpha value is -1.55. The molecule has 1 atom stereocenters. The van der Waals surface area contributed by atoms with Gasteiger partial charge in [-0.2, -0.15) is 0 Å². The summed E-state index contributed by atoms with van der Waals surface area (Å²) in [6.07, 6.45) is 5.22. The van der Waals surface area contributed by atoms with Gasteiger partial charge in [0.1, 0.15) is 0 Å². The second-order valence-corrected chi connectivity index (χ2v) is 5.66. The van der Waals surface area contributed by atoms with Crippen LogP contribution in [0.4, 0.5) is 4.79 Å². The normalized spacial score (nSPS) is 16.6. The van der Waals surface area contributed by atoms with Crippen LogP contribution >= 0.6 is 0 Å². The average molecular weight is 290 g/mol. The monoisotopic (exact) mass is 290 g/mol. The van der Waals surface area contributed by atoms with Gasteiger partial charge < -0.3 is 15.3 Å². The summed E-state index contributed by atoms with van der Waals surface area (Å²) in [5.74, 6) is 0. The highest BCUT2D eigenvalue weighted by Crippen LogP contribution is 2.30. The molecular formula is C17H26N2O2. The van der Waals surface area contributed by atoms with E-state index in [0.717, 1.165) is 32.1 Å². The van der Waals surface area contributed by atoms with E-state index < -0.39 is 0 Å². The van der Waals surface area contributed by atoms with Crippen LogP contribution in [0.1, 0.15) is 49.8 Å². The van der Waals surface area contributed by atoms with Crippen molar-refractivity contribution in [1.82, 2.24) is 10.2 Å². The molecule has 1 unspecified atom stereocenters. The number of urea groups is 1. The summed E-state index contributed by atoms with van der Waals surface area (Å²) < 4.78 is 0. The summed E-state index contributed by atoms with van der Waals surface area (Å²) in [6, 6.07) is 8.36. The van der Waals surface area contributed by atoms with E-state index in [1.165, 1.54) is 11.1 Å². The molecule has 0 aromatic heterocycles. The number of hydrogen-bond donors (Lipinski definition) is 2. The first-order chi connectivity index (χ1) is 10.3. The standard InChI is InChI=1S/C17H26N2O2/c1-2-3-6-11-19(12-13-20)17(21)18-16-10-9-14-7-4-5-8-15(14)16/h4-5,7-8,16,20H,2-3,6,9-13H2,1H3,(H,18,21). The number of aliphatic hydroxyl groups is 1. The summed E-state index contributed by atoms with van der Waals surface area (Å²) >= 11 is 0. The number of aliphatic hydroxyl groups excluding tert-OH is 1. The predicted molar refractivity (Wildman–Crippen MR) is 84.2 cm³/mol. The number of rotatable bonds is 7. The molecule has 116 valence electrons. The Morgan fingerprint density at radius 2 is 2.14 bits per heavy atom. The van der Waals surface area contributed by atoms with Crippen LogP contribution in [0.2, 0.25) is 0 Å². The van der Waals surface area contributed by atoms with Crippen molar-refractivity contribution >= 4 is 6.03 Å². The smallest absolute Gasteiger partial charge is 0.317 e. The molecule has 0 heterocycles. The Kier molecular flexibility index (Phi) is 6.05. The van der Waals surface area contributed by atoms with E-state index in [2.05, 4.69) is 24.4 Å². The number of hydrogen-bond acceptors (Lipinski definition) is 2. The van der Waals surface area contributed by atoms with Gasteiger partial charge in [-0.25, -0.2) is 4.79 Å². The number of nitrogens with one attached hydrogen (secondary N) is 1. The lowest BCUT2D eigenvalue weighted by molar-refractivity contribution is 0.172. The van der Waals surface area contributed by atoms with Crippen LogP contribution in [0.5, 0.6) is 0 Å². The molecule has 21 heavy (non-hydrogen) atoms.